The van der Waals surface area contributed by atoms with Crippen molar-refractivity contribution in [1.82, 2.24) is 10.2 Å². The van der Waals surface area contributed by atoms with E-state index in [9.17, 15) is 8.78 Å². The van der Waals surface area contributed by atoms with Crippen LogP contribution in [0.4, 0.5) is 8.78 Å². The minimum absolute atomic E-state index is 0.0653. The molecule has 0 radical (unpaired) electrons. The van der Waals surface area contributed by atoms with Crippen LogP contribution in [0.3, 0.4) is 0 Å². The van der Waals surface area contributed by atoms with Crippen LogP contribution in [0.5, 0.6) is 0 Å². The van der Waals surface area contributed by atoms with Crippen molar-refractivity contribution in [3.63, 3.8) is 0 Å². The number of hydrogen-bond donors (Lipinski definition) is 1. The predicted octanol–water partition coefficient (Wildman–Crippen LogP) is 3.36. The molecule has 1 aromatic carbocycles. The first-order chi connectivity index (χ1) is 9.98. The molecule has 21 heavy (non-hydrogen) atoms. The highest BCUT2D eigenvalue weighted by Crippen LogP contribution is 2.36. The highest BCUT2D eigenvalue weighted by Gasteiger charge is 2.40. The maximum absolute atomic E-state index is 13.4. The van der Waals surface area contributed by atoms with Gasteiger partial charge in [-0.05, 0) is 58.1 Å². The summed E-state index contributed by atoms with van der Waals surface area (Å²) < 4.78 is 26.8. The molecule has 1 N–H and O–H groups in total. The van der Waals surface area contributed by atoms with E-state index in [4.69, 9.17) is 0 Å². The highest BCUT2D eigenvalue weighted by atomic mass is 19.1. The van der Waals surface area contributed by atoms with E-state index in [1.54, 1.807) is 0 Å². The zero-order valence-electron chi connectivity index (χ0n) is 13.3. The summed E-state index contributed by atoms with van der Waals surface area (Å²) in [5.41, 5.74) is 0.786. The molecule has 1 aliphatic carbocycles. The van der Waals surface area contributed by atoms with Crippen LogP contribution in [0, 0.1) is 11.6 Å². The van der Waals surface area contributed by atoms with Crippen molar-refractivity contribution in [2.75, 3.05) is 21.1 Å². The van der Waals surface area contributed by atoms with Gasteiger partial charge >= 0.3 is 0 Å². The summed E-state index contributed by atoms with van der Waals surface area (Å²) in [7, 11) is 6.17. The van der Waals surface area contributed by atoms with Crippen LogP contribution < -0.4 is 5.32 Å². The number of hydrogen-bond acceptors (Lipinski definition) is 2. The van der Waals surface area contributed by atoms with Crippen molar-refractivity contribution in [1.29, 1.82) is 0 Å². The Morgan fingerprint density at radius 1 is 1.10 bits per heavy atom. The molecule has 0 amide bonds. The highest BCUT2D eigenvalue weighted by molar-refractivity contribution is 5.20. The van der Waals surface area contributed by atoms with Gasteiger partial charge in [-0.3, -0.25) is 0 Å². The lowest BCUT2D eigenvalue weighted by Crippen LogP contribution is -2.60. The number of halogens is 2. The first-order valence-corrected chi connectivity index (χ1v) is 7.77. The standard InChI is InChI=1S/C17H26F2N2/c1-20-16(11-13-9-14(18)12-15(19)10-13)17(21(2)3)7-5-4-6-8-17/h9-10,12,16,20H,4-8,11H2,1-3H3. The molecular formula is C17H26F2N2. The second-order valence-electron chi connectivity index (χ2n) is 6.38. The molecule has 0 spiro atoms. The van der Waals surface area contributed by atoms with Gasteiger partial charge in [0.1, 0.15) is 11.6 Å². The first-order valence-electron chi connectivity index (χ1n) is 7.77. The Labute approximate surface area is 126 Å². The van der Waals surface area contributed by atoms with Gasteiger partial charge in [0.15, 0.2) is 0 Å². The Balaban J connectivity index is 2.24. The van der Waals surface area contributed by atoms with E-state index in [0.29, 0.717) is 6.42 Å². The SMILES string of the molecule is CNC(Cc1cc(F)cc(F)c1)C1(N(C)C)CCCCC1. The Morgan fingerprint density at radius 3 is 2.14 bits per heavy atom. The van der Waals surface area contributed by atoms with E-state index in [-0.39, 0.29) is 11.6 Å². The van der Waals surface area contributed by atoms with Crippen molar-refractivity contribution in [3.8, 4) is 0 Å². The monoisotopic (exact) mass is 296 g/mol. The molecule has 0 heterocycles. The van der Waals surface area contributed by atoms with Gasteiger partial charge in [0.2, 0.25) is 0 Å². The van der Waals surface area contributed by atoms with Crippen LogP contribution in [-0.2, 0) is 6.42 Å². The predicted molar refractivity (Wildman–Crippen MR) is 82.4 cm³/mol. The van der Waals surface area contributed by atoms with Crippen molar-refractivity contribution in [3.05, 3.63) is 35.4 Å². The van der Waals surface area contributed by atoms with Crippen LogP contribution in [0.15, 0.2) is 18.2 Å². The molecule has 2 rings (SSSR count). The molecule has 1 aliphatic rings. The van der Waals surface area contributed by atoms with Crippen molar-refractivity contribution in [2.24, 2.45) is 0 Å². The van der Waals surface area contributed by atoms with E-state index in [0.717, 1.165) is 24.5 Å². The topological polar surface area (TPSA) is 15.3 Å². The number of likely N-dealkylation sites (N-methyl/N-ethyl adjacent to an activating group) is 2. The molecule has 4 heteroatoms. The molecule has 0 bridgehead atoms. The third-order valence-corrected chi connectivity index (χ3v) is 4.97. The minimum Gasteiger partial charge on any atom is -0.315 e. The zero-order valence-corrected chi connectivity index (χ0v) is 13.3. The third kappa shape index (κ3) is 3.61. The number of rotatable bonds is 5. The number of benzene rings is 1. The summed E-state index contributed by atoms with van der Waals surface area (Å²) in [5.74, 6) is -0.996. The maximum atomic E-state index is 13.4. The zero-order chi connectivity index (χ0) is 15.5. The summed E-state index contributed by atoms with van der Waals surface area (Å²) in [5, 5.41) is 3.39. The van der Waals surface area contributed by atoms with E-state index >= 15 is 0 Å². The molecule has 1 saturated carbocycles. The maximum Gasteiger partial charge on any atom is 0.126 e. The van der Waals surface area contributed by atoms with E-state index in [1.807, 2.05) is 7.05 Å². The summed E-state index contributed by atoms with van der Waals surface area (Å²) >= 11 is 0. The van der Waals surface area contributed by atoms with Crippen LogP contribution in [0.25, 0.3) is 0 Å². The van der Waals surface area contributed by atoms with Crippen molar-refractivity contribution in [2.45, 2.75) is 50.1 Å². The second kappa shape index (κ2) is 6.84. The summed E-state index contributed by atoms with van der Waals surface area (Å²) in [6.07, 6.45) is 6.61. The molecule has 1 unspecified atom stereocenters. The molecular weight excluding hydrogens is 270 g/mol. The van der Waals surface area contributed by atoms with Gasteiger partial charge in [0, 0.05) is 17.6 Å². The molecule has 0 saturated heterocycles. The lowest BCUT2D eigenvalue weighted by Gasteiger charge is -2.48. The fourth-order valence-corrected chi connectivity index (χ4v) is 3.80. The van der Waals surface area contributed by atoms with Gasteiger partial charge in [-0.15, -0.1) is 0 Å². The Hall–Kier alpha value is -1.00. The summed E-state index contributed by atoms with van der Waals surface area (Å²) in [6, 6.07) is 4.01. The smallest absolute Gasteiger partial charge is 0.126 e. The summed E-state index contributed by atoms with van der Waals surface area (Å²) in [6.45, 7) is 0. The van der Waals surface area contributed by atoms with Gasteiger partial charge < -0.3 is 10.2 Å². The Morgan fingerprint density at radius 2 is 1.67 bits per heavy atom. The fraction of sp³-hybridized carbons (Fsp3) is 0.647. The molecule has 1 fully saturated rings. The number of nitrogens with one attached hydrogen (secondary N) is 1. The van der Waals surface area contributed by atoms with Crippen molar-refractivity contribution < 1.29 is 8.78 Å². The normalized spacial score (nSPS) is 19.7. The molecule has 118 valence electrons. The van der Waals surface area contributed by atoms with E-state index in [1.165, 1.54) is 31.4 Å². The van der Waals surface area contributed by atoms with E-state index < -0.39 is 11.6 Å². The quantitative estimate of drug-likeness (QED) is 0.896. The molecule has 0 aliphatic heterocycles. The third-order valence-electron chi connectivity index (χ3n) is 4.97. The van der Waals surface area contributed by atoms with Crippen molar-refractivity contribution >= 4 is 0 Å². The van der Waals surface area contributed by atoms with Gasteiger partial charge in [-0.1, -0.05) is 19.3 Å². The lowest BCUT2D eigenvalue weighted by atomic mass is 9.73. The molecule has 1 aromatic rings. The Kier molecular flexibility index (Phi) is 5.33. The average Bonchev–Trinajstić information content (AvgIpc) is 2.44. The first kappa shape index (κ1) is 16.4. The van der Waals surface area contributed by atoms with Crippen LogP contribution >= 0.6 is 0 Å². The van der Waals surface area contributed by atoms with Gasteiger partial charge in [-0.25, -0.2) is 8.78 Å². The lowest BCUT2D eigenvalue weighted by molar-refractivity contribution is 0.0598. The van der Waals surface area contributed by atoms with Gasteiger partial charge in [0.05, 0.1) is 0 Å². The van der Waals surface area contributed by atoms with Crippen LogP contribution in [-0.4, -0.2) is 37.6 Å². The Bertz CT molecular complexity index is 448. The minimum atomic E-state index is -0.498. The molecule has 0 aromatic heterocycles. The summed E-state index contributed by atoms with van der Waals surface area (Å²) in [4.78, 5) is 2.29. The van der Waals surface area contributed by atoms with Gasteiger partial charge in [-0.2, -0.15) is 0 Å². The van der Waals surface area contributed by atoms with Gasteiger partial charge in [0.25, 0.3) is 0 Å². The average molecular weight is 296 g/mol. The van der Waals surface area contributed by atoms with Crippen LogP contribution in [0.1, 0.15) is 37.7 Å². The largest absolute Gasteiger partial charge is 0.315 e. The molecule has 2 nitrogen and oxygen atoms in total. The van der Waals surface area contributed by atoms with E-state index in [2.05, 4.69) is 24.3 Å². The molecule has 1 atom stereocenters. The fourth-order valence-electron chi connectivity index (χ4n) is 3.80. The van der Waals surface area contributed by atoms with Crippen LogP contribution in [0.2, 0.25) is 0 Å². The number of nitrogens with zero attached hydrogens (tertiary/aromatic N) is 1. The second-order valence-corrected chi connectivity index (χ2v) is 6.38.